The highest BCUT2D eigenvalue weighted by Crippen LogP contribution is 2.36. The van der Waals surface area contributed by atoms with Gasteiger partial charge in [0.15, 0.2) is 0 Å². The van der Waals surface area contributed by atoms with Crippen molar-refractivity contribution in [1.82, 2.24) is 14.7 Å². The Morgan fingerprint density at radius 1 is 1.21 bits per heavy atom. The molecule has 3 rings (SSSR count). The molecule has 1 aromatic carbocycles. The Kier molecular flexibility index (Phi) is 5.22. The number of piperidine rings is 1. The summed E-state index contributed by atoms with van der Waals surface area (Å²) in [6.45, 7) is 2.52. The van der Waals surface area contributed by atoms with Gasteiger partial charge in [-0.15, -0.1) is 0 Å². The largest absolute Gasteiger partial charge is 0.426 e. The maximum Gasteiger partial charge on any atom is 0.426 e. The molecule has 0 bridgehead atoms. The summed E-state index contributed by atoms with van der Waals surface area (Å²) >= 11 is 0. The number of hydrogen-bond acceptors (Lipinski definition) is 3. The number of likely N-dealkylation sites (tertiary alicyclic amines) is 1. The monoisotopic (exact) mass is 399 g/mol. The van der Waals surface area contributed by atoms with Crippen molar-refractivity contribution in [3.8, 4) is 5.69 Å². The normalized spacial score (nSPS) is 22.8. The number of aromatic nitrogens is 2. The lowest BCUT2D eigenvalue weighted by Crippen LogP contribution is -2.58. The minimum Gasteiger partial charge on any atom is -0.373 e. The molecule has 0 aliphatic carbocycles. The predicted molar refractivity (Wildman–Crippen MR) is 93.3 cm³/mol. The van der Waals surface area contributed by atoms with E-state index in [-0.39, 0.29) is 30.7 Å². The zero-order valence-corrected chi connectivity index (χ0v) is 15.4. The second-order valence-electron chi connectivity index (χ2n) is 7.36. The summed E-state index contributed by atoms with van der Waals surface area (Å²) in [6.07, 6.45) is -2.86. The fourth-order valence-electron chi connectivity index (χ4n) is 3.47. The Morgan fingerprint density at radius 3 is 2.43 bits per heavy atom. The van der Waals surface area contributed by atoms with E-state index in [1.165, 1.54) is 12.1 Å². The van der Waals surface area contributed by atoms with E-state index in [0.717, 1.165) is 10.6 Å². The molecule has 2 heterocycles. The molecule has 1 fully saturated rings. The predicted octanol–water partition coefficient (Wildman–Crippen LogP) is 3.28. The molecule has 1 aliphatic heterocycles. The van der Waals surface area contributed by atoms with Crippen molar-refractivity contribution in [3.63, 3.8) is 0 Å². The number of aliphatic hydroxyl groups is 1. The van der Waals surface area contributed by atoms with Gasteiger partial charge in [0.1, 0.15) is 5.82 Å². The molecular weight excluding hydrogens is 378 g/mol. The van der Waals surface area contributed by atoms with Crippen LogP contribution in [0.4, 0.5) is 17.6 Å². The first kappa shape index (κ1) is 20.3. The number of benzene rings is 1. The number of hydrogen-bond donors (Lipinski definition) is 1. The van der Waals surface area contributed by atoms with E-state index >= 15 is 0 Å². The van der Waals surface area contributed by atoms with Crippen LogP contribution in [0.3, 0.4) is 0 Å². The Labute approximate surface area is 159 Å². The van der Waals surface area contributed by atoms with E-state index in [0.29, 0.717) is 19.0 Å². The van der Waals surface area contributed by atoms with Gasteiger partial charge in [0, 0.05) is 25.2 Å². The van der Waals surface area contributed by atoms with Gasteiger partial charge in [-0.25, -0.2) is 9.07 Å². The minimum absolute atomic E-state index is 0.0402. The molecule has 0 spiro atoms. The van der Waals surface area contributed by atoms with E-state index in [2.05, 4.69) is 5.10 Å². The third-order valence-electron chi connectivity index (χ3n) is 5.24. The van der Waals surface area contributed by atoms with E-state index < -0.39 is 17.7 Å². The van der Waals surface area contributed by atoms with E-state index in [1.807, 2.05) is 13.0 Å². The van der Waals surface area contributed by atoms with Crippen LogP contribution in [0.1, 0.15) is 31.9 Å². The molecule has 152 valence electrons. The molecule has 5 nitrogen and oxygen atoms in total. The topological polar surface area (TPSA) is 58.4 Å². The maximum absolute atomic E-state index is 13.1. The number of amides is 1. The summed E-state index contributed by atoms with van der Waals surface area (Å²) in [5.74, 6) is -1.86. The Bertz CT molecular complexity index is 846. The van der Waals surface area contributed by atoms with Gasteiger partial charge in [-0.1, -0.05) is 6.92 Å². The van der Waals surface area contributed by atoms with Crippen LogP contribution in [0.15, 0.2) is 36.5 Å². The number of carbonyl (C=O) groups excluding carboxylic acids is 1. The van der Waals surface area contributed by atoms with Crippen molar-refractivity contribution in [2.75, 3.05) is 13.1 Å². The van der Waals surface area contributed by atoms with Gasteiger partial charge in [0.25, 0.3) is 5.91 Å². The zero-order chi connectivity index (χ0) is 20.7. The summed E-state index contributed by atoms with van der Waals surface area (Å²) in [7, 11) is 0. The van der Waals surface area contributed by atoms with Crippen molar-refractivity contribution in [1.29, 1.82) is 0 Å². The van der Waals surface area contributed by atoms with Crippen LogP contribution in [0.25, 0.3) is 5.69 Å². The van der Waals surface area contributed by atoms with Crippen LogP contribution >= 0.6 is 0 Å². The van der Waals surface area contributed by atoms with Gasteiger partial charge < -0.3 is 10.0 Å². The molecule has 1 saturated heterocycles. The van der Waals surface area contributed by atoms with Gasteiger partial charge in [0.05, 0.1) is 11.4 Å². The second kappa shape index (κ2) is 7.20. The fourth-order valence-corrected chi connectivity index (χ4v) is 3.47. The molecule has 2 aromatic rings. The SMILES string of the molecule is C[C@H]1CN(C(=O)C(C)(O)C(F)(F)F)CC[C@H]1c1ccn(-c2ccc(F)cc2)n1. The summed E-state index contributed by atoms with van der Waals surface area (Å²) in [5, 5.41) is 14.1. The third-order valence-corrected chi connectivity index (χ3v) is 5.24. The molecule has 28 heavy (non-hydrogen) atoms. The molecule has 9 heteroatoms. The minimum atomic E-state index is -5.03. The van der Waals surface area contributed by atoms with Gasteiger partial charge in [-0.2, -0.15) is 18.3 Å². The van der Waals surface area contributed by atoms with Crippen LogP contribution < -0.4 is 0 Å². The maximum atomic E-state index is 13.1. The molecule has 1 amide bonds. The van der Waals surface area contributed by atoms with Crippen LogP contribution in [0.5, 0.6) is 0 Å². The Morgan fingerprint density at radius 2 is 1.86 bits per heavy atom. The molecule has 1 N–H and O–H groups in total. The molecule has 0 saturated carbocycles. The summed E-state index contributed by atoms with van der Waals surface area (Å²) < 4.78 is 53.5. The highest BCUT2D eigenvalue weighted by Gasteiger charge is 2.57. The van der Waals surface area contributed by atoms with Gasteiger partial charge in [-0.05, 0) is 49.6 Å². The smallest absolute Gasteiger partial charge is 0.373 e. The number of nitrogens with zero attached hydrogens (tertiary/aromatic N) is 3. The highest BCUT2D eigenvalue weighted by atomic mass is 19.4. The van der Waals surface area contributed by atoms with Crippen LogP contribution in [-0.2, 0) is 4.79 Å². The van der Waals surface area contributed by atoms with Crippen molar-refractivity contribution < 1.29 is 27.5 Å². The first-order valence-corrected chi connectivity index (χ1v) is 8.90. The van der Waals surface area contributed by atoms with E-state index in [9.17, 15) is 27.5 Å². The molecular formula is C19H21F4N3O2. The summed E-state index contributed by atoms with van der Waals surface area (Å²) in [4.78, 5) is 13.2. The van der Waals surface area contributed by atoms with Crippen molar-refractivity contribution >= 4 is 5.91 Å². The van der Waals surface area contributed by atoms with Crippen LogP contribution in [0, 0.1) is 11.7 Å². The number of rotatable bonds is 3. The zero-order valence-electron chi connectivity index (χ0n) is 15.4. The summed E-state index contributed by atoms with van der Waals surface area (Å²) in [5.41, 5.74) is -1.95. The second-order valence-corrected chi connectivity index (χ2v) is 7.36. The molecule has 0 radical (unpaired) electrons. The number of alkyl halides is 3. The first-order chi connectivity index (χ1) is 13.0. The molecule has 1 aromatic heterocycles. The fraction of sp³-hybridized carbons (Fsp3) is 0.474. The van der Waals surface area contributed by atoms with Gasteiger partial charge in [0.2, 0.25) is 5.60 Å². The number of halogens is 4. The number of carbonyl (C=O) groups is 1. The molecule has 3 atom stereocenters. The average molecular weight is 399 g/mol. The highest BCUT2D eigenvalue weighted by molar-refractivity contribution is 5.85. The lowest BCUT2D eigenvalue weighted by Gasteiger charge is -2.39. The standard InChI is InChI=1S/C19H21F4N3O2/c1-12-11-25(17(27)18(2,28)19(21,22)23)9-7-15(12)16-8-10-26(24-16)14-5-3-13(20)4-6-14/h3-6,8,10,12,15,28H,7,9,11H2,1-2H3/t12-,15+,18?/m0/s1. The van der Waals surface area contributed by atoms with Gasteiger partial charge >= 0.3 is 6.18 Å². The lowest BCUT2D eigenvalue weighted by molar-refractivity contribution is -0.250. The lowest BCUT2D eigenvalue weighted by atomic mass is 9.84. The van der Waals surface area contributed by atoms with Crippen molar-refractivity contribution in [2.45, 2.75) is 38.0 Å². The quantitative estimate of drug-likeness (QED) is 0.806. The van der Waals surface area contributed by atoms with Gasteiger partial charge in [-0.3, -0.25) is 4.79 Å². The summed E-state index contributed by atoms with van der Waals surface area (Å²) in [6, 6.07) is 7.66. The first-order valence-electron chi connectivity index (χ1n) is 8.90. The van der Waals surface area contributed by atoms with Crippen molar-refractivity contribution in [2.24, 2.45) is 5.92 Å². The van der Waals surface area contributed by atoms with Crippen LogP contribution in [-0.4, -0.2) is 50.6 Å². The van der Waals surface area contributed by atoms with Crippen LogP contribution in [0.2, 0.25) is 0 Å². The van der Waals surface area contributed by atoms with E-state index in [1.54, 1.807) is 23.0 Å². The van der Waals surface area contributed by atoms with E-state index in [4.69, 9.17) is 0 Å². The Balaban J connectivity index is 1.71. The average Bonchev–Trinajstić information content (AvgIpc) is 3.10. The third kappa shape index (κ3) is 3.76. The Hall–Kier alpha value is -2.42. The molecule has 1 unspecified atom stereocenters. The van der Waals surface area contributed by atoms with Crippen molar-refractivity contribution in [3.05, 3.63) is 48.0 Å². The molecule has 1 aliphatic rings.